The minimum Gasteiger partial charge on any atom is -0.494 e. The highest BCUT2D eigenvalue weighted by molar-refractivity contribution is 6.60. The zero-order chi connectivity index (χ0) is 14.0. The lowest BCUT2D eigenvalue weighted by atomic mass is 10.3. The smallest absolute Gasteiger partial charge is 0.494 e. The second-order valence-corrected chi connectivity index (χ2v) is 6.63. The molecule has 0 spiro atoms. The highest BCUT2D eigenvalue weighted by Gasteiger charge is 2.40. The lowest BCUT2D eigenvalue weighted by Crippen LogP contribution is -2.47. The van der Waals surface area contributed by atoms with Gasteiger partial charge in [0.2, 0.25) is 0 Å². The van der Waals surface area contributed by atoms with Gasteiger partial charge in [-0.2, -0.15) is 0 Å². The molecular weight excluding hydrogens is 260 g/mol. The van der Waals surface area contributed by atoms with Gasteiger partial charge in [-0.05, 0) is 32.9 Å². The van der Waals surface area contributed by atoms with E-state index in [1.54, 1.807) is 0 Å². The van der Waals surface area contributed by atoms with Gasteiger partial charge in [-0.3, -0.25) is 0 Å². The van der Waals surface area contributed by atoms with Gasteiger partial charge in [-0.25, -0.2) is 0 Å². The number of rotatable bonds is 10. The first-order valence-corrected chi connectivity index (χ1v) is 8.79. The Hall–Kier alpha value is -0.883. The standard InChI is InChI=1S/C14H24O4Si/c1-4-16-19(17-5-2,18-6-3)13-12-15-14-10-8-7-9-11-14/h7-11H,4-6,12-13H2,1-3H3. The summed E-state index contributed by atoms with van der Waals surface area (Å²) in [4.78, 5) is 0. The molecule has 0 unspecified atom stereocenters. The maximum Gasteiger partial charge on any atom is 0.504 e. The number of para-hydroxylation sites is 1. The Morgan fingerprint density at radius 2 is 1.37 bits per heavy atom. The Morgan fingerprint density at radius 1 is 0.842 bits per heavy atom. The molecule has 0 saturated heterocycles. The molecule has 0 aromatic heterocycles. The first-order chi connectivity index (χ1) is 9.26. The van der Waals surface area contributed by atoms with E-state index in [9.17, 15) is 0 Å². The van der Waals surface area contributed by atoms with Crippen molar-refractivity contribution in [3.05, 3.63) is 30.3 Å². The minimum atomic E-state index is -2.57. The second-order valence-electron chi connectivity index (χ2n) is 3.89. The molecule has 0 bridgehead atoms. The third-order valence-electron chi connectivity index (χ3n) is 2.51. The molecule has 108 valence electrons. The van der Waals surface area contributed by atoms with Crippen molar-refractivity contribution in [1.82, 2.24) is 0 Å². The molecular formula is C14H24O4Si. The lowest BCUT2D eigenvalue weighted by molar-refractivity contribution is 0.0675. The summed E-state index contributed by atoms with van der Waals surface area (Å²) in [6, 6.07) is 10.4. The van der Waals surface area contributed by atoms with Crippen molar-refractivity contribution >= 4 is 8.80 Å². The molecule has 0 atom stereocenters. The van der Waals surface area contributed by atoms with Gasteiger partial charge in [0.05, 0.1) is 12.7 Å². The van der Waals surface area contributed by atoms with E-state index < -0.39 is 8.80 Å². The van der Waals surface area contributed by atoms with E-state index in [0.717, 1.165) is 5.75 Å². The Kier molecular flexibility index (Phi) is 7.74. The fraction of sp³-hybridized carbons (Fsp3) is 0.571. The molecule has 0 aliphatic heterocycles. The maximum atomic E-state index is 5.76. The van der Waals surface area contributed by atoms with Crippen molar-refractivity contribution in [2.75, 3.05) is 26.4 Å². The van der Waals surface area contributed by atoms with Gasteiger partial charge in [-0.15, -0.1) is 0 Å². The number of hydrogen-bond acceptors (Lipinski definition) is 4. The van der Waals surface area contributed by atoms with Crippen molar-refractivity contribution in [3.63, 3.8) is 0 Å². The molecule has 0 N–H and O–H groups in total. The Bertz CT molecular complexity index is 314. The molecule has 5 heteroatoms. The van der Waals surface area contributed by atoms with Gasteiger partial charge in [0, 0.05) is 19.8 Å². The van der Waals surface area contributed by atoms with Gasteiger partial charge < -0.3 is 18.0 Å². The van der Waals surface area contributed by atoms with E-state index in [1.807, 2.05) is 51.1 Å². The SMILES string of the molecule is CCO[Si](CCOc1ccccc1)(OCC)OCC. The summed E-state index contributed by atoms with van der Waals surface area (Å²) < 4.78 is 23.0. The van der Waals surface area contributed by atoms with Crippen molar-refractivity contribution < 1.29 is 18.0 Å². The Labute approximate surface area is 117 Å². The Balaban J connectivity index is 2.51. The highest BCUT2D eigenvalue weighted by atomic mass is 28.4. The van der Waals surface area contributed by atoms with Crippen molar-refractivity contribution in [3.8, 4) is 5.75 Å². The van der Waals surface area contributed by atoms with Crippen LogP contribution < -0.4 is 4.74 Å². The summed E-state index contributed by atoms with van der Waals surface area (Å²) >= 11 is 0. The van der Waals surface area contributed by atoms with Crippen molar-refractivity contribution in [2.45, 2.75) is 26.8 Å². The largest absolute Gasteiger partial charge is 0.504 e. The molecule has 0 radical (unpaired) electrons. The average Bonchev–Trinajstić information content (AvgIpc) is 2.41. The van der Waals surface area contributed by atoms with Gasteiger partial charge >= 0.3 is 8.80 Å². The van der Waals surface area contributed by atoms with Crippen LogP contribution in [0.5, 0.6) is 5.75 Å². The molecule has 1 aromatic carbocycles. The molecule has 0 heterocycles. The molecule has 19 heavy (non-hydrogen) atoms. The summed E-state index contributed by atoms with van der Waals surface area (Å²) in [5.74, 6) is 0.856. The maximum absolute atomic E-state index is 5.76. The van der Waals surface area contributed by atoms with E-state index in [2.05, 4.69) is 0 Å². The van der Waals surface area contributed by atoms with Gasteiger partial charge in [0.25, 0.3) is 0 Å². The van der Waals surface area contributed by atoms with E-state index in [-0.39, 0.29) is 0 Å². The predicted octanol–water partition coefficient (Wildman–Crippen LogP) is 3.11. The number of benzene rings is 1. The topological polar surface area (TPSA) is 36.9 Å². The van der Waals surface area contributed by atoms with E-state index in [0.29, 0.717) is 32.5 Å². The van der Waals surface area contributed by atoms with Crippen LogP contribution in [-0.4, -0.2) is 35.2 Å². The van der Waals surface area contributed by atoms with E-state index >= 15 is 0 Å². The molecule has 4 nitrogen and oxygen atoms in total. The Morgan fingerprint density at radius 3 is 1.84 bits per heavy atom. The fourth-order valence-electron chi connectivity index (χ4n) is 1.81. The predicted molar refractivity (Wildman–Crippen MR) is 77.4 cm³/mol. The average molecular weight is 284 g/mol. The van der Waals surface area contributed by atoms with E-state index in [4.69, 9.17) is 18.0 Å². The van der Waals surface area contributed by atoms with Crippen LogP contribution >= 0.6 is 0 Å². The molecule has 0 aliphatic rings. The van der Waals surface area contributed by atoms with Crippen LogP contribution in [0.15, 0.2) is 30.3 Å². The molecule has 1 rings (SSSR count). The molecule has 0 saturated carbocycles. The summed E-state index contributed by atoms with van der Waals surface area (Å²) in [6.07, 6.45) is 0. The summed E-state index contributed by atoms with van der Waals surface area (Å²) in [5.41, 5.74) is 0. The van der Waals surface area contributed by atoms with Crippen molar-refractivity contribution in [2.24, 2.45) is 0 Å². The summed E-state index contributed by atoms with van der Waals surface area (Å²) in [5, 5.41) is 0. The third-order valence-corrected chi connectivity index (χ3v) is 5.51. The van der Waals surface area contributed by atoms with Crippen LogP contribution in [-0.2, 0) is 13.3 Å². The monoisotopic (exact) mass is 284 g/mol. The second kappa shape index (κ2) is 9.09. The van der Waals surface area contributed by atoms with Crippen LogP contribution in [0.1, 0.15) is 20.8 Å². The minimum absolute atomic E-state index is 0.538. The first kappa shape index (κ1) is 16.2. The van der Waals surface area contributed by atoms with E-state index in [1.165, 1.54) is 0 Å². The van der Waals surface area contributed by atoms with Crippen LogP contribution in [0.4, 0.5) is 0 Å². The first-order valence-electron chi connectivity index (χ1n) is 6.86. The van der Waals surface area contributed by atoms with Crippen molar-refractivity contribution in [1.29, 1.82) is 0 Å². The third kappa shape index (κ3) is 5.73. The molecule has 0 fully saturated rings. The summed E-state index contributed by atoms with van der Waals surface area (Å²) in [7, 11) is -2.57. The van der Waals surface area contributed by atoms with Gasteiger partial charge in [0.1, 0.15) is 5.75 Å². The lowest BCUT2D eigenvalue weighted by Gasteiger charge is -2.28. The zero-order valence-corrected chi connectivity index (χ0v) is 13.1. The number of hydrogen-bond donors (Lipinski definition) is 0. The van der Waals surface area contributed by atoms with Crippen LogP contribution in [0, 0.1) is 0 Å². The quantitative estimate of drug-likeness (QED) is 0.619. The summed E-state index contributed by atoms with van der Waals surface area (Å²) in [6.45, 7) is 8.19. The highest BCUT2D eigenvalue weighted by Crippen LogP contribution is 2.17. The van der Waals surface area contributed by atoms with Crippen LogP contribution in [0.2, 0.25) is 6.04 Å². The van der Waals surface area contributed by atoms with Gasteiger partial charge in [0.15, 0.2) is 0 Å². The molecule has 1 aromatic rings. The van der Waals surface area contributed by atoms with Crippen LogP contribution in [0.3, 0.4) is 0 Å². The zero-order valence-electron chi connectivity index (χ0n) is 12.1. The van der Waals surface area contributed by atoms with Gasteiger partial charge in [-0.1, -0.05) is 18.2 Å². The fourth-order valence-corrected chi connectivity index (χ4v) is 4.17. The van der Waals surface area contributed by atoms with Crippen LogP contribution in [0.25, 0.3) is 0 Å². The molecule has 0 amide bonds. The number of ether oxygens (including phenoxy) is 1. The molecule has 0 aliphatic carbocycles. The normalized spacial score (nSPS) is 11.5.